The Morgan fingerprint density at radius 3 is 2.94 bits per heavy atom. The molecule has 17 heavy (non-hydrogen) atoms. The molecule has 0 heterocycles. The van der Waals surface area contributed by atoms with Crippen molar-refractivity contribution in [2.24, 2.45) is 0 Å². The monoisotopic (exact) mass is 305 g/mol. The number of rotatable bonds is 7. The molecule has 0 fully saturated rings. The molecule has 0 amide bonds. The van der Waals surface area contributed by atoms with E-state index in [1.807, 2.05) is 6.07 Å². The van der Waals surface area contributed by atoms with Crippen molar-refractivity contribution in [2.75, 3.05) is 20.3 Å². The second-order valence-corrected chi connectivity index (χ2v) is 4.55. The highest BCUT2D eigenvalue weighted by Crippen LogP contribution is 2.20. The second-order valence-electron chi connectivity index (χ2n) is 3.76. The minimum absolute atomic E-state index is 0.0696. The molecule has 3 nitrogen and oxygen atoms in total. The van der Waals surface area contributed by atoms with Crippen LogP contribution in [0.15, 0.2) is 22.7 Å². The zero-order valence-corrected chi connectivity index (χ0v) is 11.3. The molecule has 5 heteroatoms. The third kappa shape index (κ3) is 4.71. The third-order valence-corrected chi connectivity index (χ3v) is 3.35. The summed E-state index contributed by atoms with van der Waals surface area (Å²) in [5, 5.41) is 12.1. The van der Waals surface area contributed by atoms with Gasteiger partial charge in [0, 0.05) is 26.3 Å². The molecule has 0 aliphatic rings. The molecule has 0 aromatic heterocycles. The average Bonchev–Trinajstić information content (AvgIpc) is 2.31. The zero-order valence-electron chi connectivity index (χ0n) is 9.75. The summed E-state index contributed by atoms with van der Waals surface area (Å²) in [6.07, 6.45) is 0.612. The Morgan fingerprint density at radius 2 is 2.29 bits per heavy atom. The number of nitrogens with one attached hydrogen (secondary N) is 1. The van der Waals surface area contributed by atoms with E-state index in [1.54, 1.807) is 13.2 Å². The lowest BCUT2D eigenvalue weighted by molar-refractivity contribution is 0.148. The minimum Gasteiger partial charge on any atom is -0.396 e. The lowest BCUT2D eigenvalue weighted by atomic mass is 10.2. The molecule has 0 spiro atoms. The molecule has 0 aliphatic heterocycles. The number of aliphatic hydroxyl groups is 1. The summed E-state index contributed by atoms with van der Waals surface area (Å²) in [6, 6.07) is 5.01. The van der Waals surface area contributed by atoms with Gasteiger partial charge in [0.05, 0.1) is 11.1 Å². The van der Waals surface area contributed by atoms with Gasteiger partial charge in [0.25, 0.3) is 0 Å². The van der Waals surface area contributed by atoms with Crippen LogP contribution < -0.4 is 5.32 Å². The van der Waals surface area contributed by atoms with Gasteiger partial charge in [-0.15, -0.1) is 0 Å². The summed E-state index contributed by atoms with van der Waals surface area (Å²) in [4.78, 5) is 0. The van der Waals surface area contributed by atoms with Crippen LogP contribution in [-0.2, 0) is 11.3 Å². The molecule has 1 unspecified atom stereocenters. The number of hydrogen-bond donors (Lipinski definition) is 2. The van der Waals surface area contributed by atoms with Gasteiger partial charge in [-0.05, 0) is 34.0 Å². The van der Waals surface area contributed by atoms with Crippen LogP contribution in [0.4, 0.5) is 4.39 Å². The van der Waals surface area contributed by atoms with E-state index in [4.69, 9.17) is 9.84 Å². The number of aliphatic hydroxyl groups excluding tert-OH is 1. The number of methoxy groups -OCH3 is 1. The Labute approximate surface area is 109 Å². The second kappa shape index (κ2) is 7.76. The standard InChI is InChI=1S/C12H17BrFNO2/c1-17-8-10(5-6-16)15-7-9-3-2-4-11(14)12(9)13/h2-4,10,15-16H,5-8H2,1H3. The molecular formula is C12H17BrFNO2. The van der Waals surface area contributed by atoms with Crippen molar-refractivity contribution < 1.29 is 14.2 Å². The van der Waals surface area contributed by atoms with Gasteiger partial charge in [-0.25, -0.2) is 4.39 Å². The van der Waals surface area contributed by atoms with Crippen molar-refractivity contribution in [1.82, 2.24) is 5.32 Å². The van der Waals surface area contributed by atoms with E-state index >= 15 is 0 Å². The quantitative estimate of drug-likeness (QED) is 0.810. The highest BCUT2D eigenvalue weighted by Gasteiger charge is 2.09. The maximum atomic E-state index is 13.3. The molecule has 1 rings (SSSR count). The van der Waals surface area contributed by atoms with E-state index in [1.165, 1.54) is 6.07 Å². The lowest BCUT2D eigenvalue weighted by Gasteiger charge is -2.17. The molecule has 0 saturated carbocycles. The first-order valence-corrected chi connectivity index (χ1v) is 6.24. The minimum atomic E-state index is -0.269. The summed E-state index contributed by atoms with van der Waals surface area (Å²) in [5.74, 6) is -0.269. The number of hydrogen-bond acceptors (Lipinski definition) is 3. The topological polar surface area (TPSA) is 41.5 Å². The first-order valence-electron chi connectivity index (χ1n) is 5.45. The van der Waals surface area contributed by atoms with Gasteiger partial charge in [-0.2, -0.15) is 0 Å². The predicted octanol–water partition coefficient (Wildman–Crippen LogP) is 2.08. The molecule has 0 radical (unpaired) electrons. The average molecular weight is 306 g/mol. The van der Waals surface area contributed by atoms with Gasteiger partial charge in [0.15, 0.2) is 0 Å². The molecule has 1 aromatic carbocycles. The van der Waals surface area contributed by atoms with E-state index in [0.29, 0.717) is 24.0 Å². The van der Waals surface area contributed by atoms with Crippen LogP contribution in [0, 0.1) is 5.82 Å². The molecule has 0 bridgehead atoms. The fourth-order valence-corrected chi connectivity index (χ4v) is 1.95. The summed E-state index contributed by atoms with van der Waals surface area (Å²) >= 11 is 3.21. The van der Waals surface area contributed by atoms with Gasteiger partial charge in [-0.1, -0.05) is 12.1 Å². The SMILES string of the molecule is COCC(CCO)NCc1cccc(F)c1Br. The fraction of sp³-hybridized carbons (Fsp3) is 0.500. The van der Waals surface area contributed by atoms with E-state index in [9.17, 15) is 4.39 Å². The third-order valence-electron chi connectivity index (χ3n) is 2.46. The van der Waals surface area contributed by atoms with Crippen LogP contribution in [0.25, 0.3) is 0 Å². The smallest absolute Gasteiger partial charge is 0.137 e. The van der Waals surface area contributed by atoms with Crippen molar-refractivity contribution >= 4 is 15.9 Å². The maximum Gasteiger partial charge on any atom is 0.137 e. The Morgan fingerprint density at radius 1 is 1.53 bits per heavy atom. The maximum absolute atomic E-state index is 13.3. The number of ether oxygens (including phenoxy) is 1. The molecule has 0 aliphatic carbocycles. The van der Waals surface area contributed by atoms with Crippen LogP contribution in [0.3, 0.4) is 0 Å². The number of halogens is 2. The van der Waals surface area contributed by atoms with Crippen molar-refractivity contribution in [1.29, 1.82) is 0 Å². The van der Waals surface area contributed by atoms with Gasteiger partial charge in [0.2, 0.25) is 0 Å². The zero-order chi connectivity index (χ0) is 12.7. The molecule has 1 aromatic rings. The van der Waals surface area contributed by atoms with Gasteiger partial charge >= 0.3 is 0 Å². The molecule has 1 atom stereocenters. The summed E-state index contributed by atoms with van der Waals surface area (Å²) in [6.45, 7) is 1.16. The number of benzene rings is 1. The van der Waals surface area contributed by atoms with Crippen molar-refractivity contribution in [3.8, 4) is 0 Å². The van der Waals surface area contributed by atoms with E-state index in [0.717, 1.165) is 5.56 Å². The van der Waals surface area contributed by atoms with Crippen LogP contribution in [0.5, 0.6) is 0 Å². The largest absolute Gasteiger partial charge is 0.396 e. The Balaban J connectivity index is 2.55. The summed E-state index contributed by atoms with van der Waals surface area (Å²) in [7, 11) is 1.62. The Hall–Kier alpha value is -0.490. The molecule has 2 N–H and O–H groups in total. The van der Waals surface area contributed by atoms with Crippen LogP contribution in [-0.4, -0.2) is 31.5 Å². The molecule has 0 saturated heterocycles. The van der Waals surface area contributed by atoms with Gasteiger partial charge in [0.1, 0.15) is 5.82 Å². The molecular weight excluding hydrogens is 289 g/mol. The Kier molecular flexibility index (Phi) is 6.65. The van der Waals surface area contributed by atoms with Crippen molar-refractivity contribution in [2.45, 2.75) is 19.0 Å². The Bertz CT molecular complexity index is 343. The van der Waals surface area contributed by atoms with Gasteiger partial charge in [-0.3, -0.25) is 0 Å². The van der Waals surface area contributed by atoms with Crippen molar-refractivity contribution in [3.63, 3.8) is 0 Å². The first kappa shape index (κ1) is 14.6. The predicted molar refractivity (Wildman–Crippen MR) is 68.3 cm³/mol. The van der Waals surface area contributed by atoms with Crippen LogP contribution in [0.2, 0.25) is 0 Å². The summed E-state index contributed by atoms with van der Waals surface area (Å²) < 4.78 is 18.8. The highest BCUT2D eigenvalue weighted by molar-refractivity contribution is 9.10. The normalized spacial score (nSPS) is 12.7. The summed E-state index contributed by atoms with van der Waals surface area (Å²) in [5.41, 5.74) is 0.851. The van der Waals surface area contributed by atoms with E-state index in [2.05, 4.69) is 21.2 Å². The lowest BCUT2D eigenvalue weighted by Crippen LogP contribution is -2.33. The highest BCUT2D eigenvalue weighted by atomic mass is 79.9. The van der Waals surface area contributed by atoms with E-state index < -0.39 is 0 Å². The fourth-order valence-electron chi connectivity index (χ4n) is 1.54. The van der Waals surface area contributed by atoms with Gasteiger partial charge < -0.3 is 15.2 Å². The van der Waals surface area contributed by atoms with Crippen molar-refractivity contribution in [3.05, 3.63) is 34.1 Å². The van der Waals surface area contributed by atoms with E-state index in [-0.39, 0.29) is 18.5 Å². The molecule has 96 valence electrons. The van der Waals surface area contributed by atoms with Crippen LogP contribution >= 0.6 is 15.9 Å². The first-order chi connectivity index (χ1) is 8.19. The van der Waals surface area contributed by atoms with Crippen LogP contribution in [0.1, 0.15) is 12.0 Å².